The van der Waals surface area contributed by atoms with E-state index in [-0.39, 0.29) is 5.82 Å². The molecule has 4 aromatic rings. The highest BCUT2D eigenvalue weighted by molar-refractivity contribution is 5.94. The summed E-state index contributed by atoms with van der Waals surface area (Å²) in [6.07, 6.45) is 3.45. The molecule has 0 unspecified atom stereocenters. The van der Waals surface area contributed by atoms with Crippen LogP contribution in [0.3, 0.4) is 0 Å². The Kier molecular flexibility index (Phi) is 3.74. The number of rotatable bonds is 4. The van der Waals surface area contributed by atoms with Gasteiger partial charge in [0.1, 0.15) is 0 Å². The fourth-order valence-electron chi connectivity index (χ4n) is 2.73. The van der Waals surface area contributed by atoms with Gasteiger partial charge in [-0.25, -0.2) is 9.97 Å². The molecule has 4 rings (SSSR count). The second-order valence-electron chi connectivity index (χ2n) is 5.84. The van der Waals surface area contributed by atoms with E-state index in [1.165, 1.54) is 0 Å². The SMILES string of the molecule is NC(=O)c1cccc(-c2cnc(N)c(Nc3ccc4[nH]ccc4c3)n2)c1. The maximum Gasteiger partial charge on any atom is 0.248 e. The van der Waals surface area contributed by atoms with Gasteiger partial charge in [0, 0.05) is 33.9 Å². The fourth-order valence-corrected chi connectivity index (χ4v) is 2.73. The number of fused-ring (bicyclic) bond motifs is 1. The number of nitrogen functional groups attached to an aromatic ring is 1. The Balaban J connectivity index is 1.69. The summed E-state index contributed by atoms with van der Waals surface area (Å²) < 4.78 is 0. The first-order valence-electron chi connectivity index (χ1n) is 7.97. The third-order valence-corrected chi connectivity index (χ3v) is 4.06. The number of carbonyl (C=O) groups excluding carboxylic acids is 1. The Hall–Kier alpha value is -3.87. The topological polar surface area (TPSA) is 123 Å². The number of nitrogens with one attached hydrogen (secondary N) is 2. The fraction of sp³-hybridized carbons (Fsp3) is 0. The van der Waals surface area contributed by atoms with Crippen molar-refractivity contribution >= 4 is 34.1 Å². The lowest BCUT2D eigenvalue weighted by atomic mass is 10.1. The lowest BCUT2D eigenvalue weighted by Crippen LogP contribution is -2.10. The van der Waals surface area contributed by atoms with Gasteiger partial charge in [-0.2, -0.15) is 0 Å². The molecule has 6 N–H and O–H groups in total. The molecule has 2 aromatic carbocycles. The molecule has 1 amide bonds. The summed E-state index contributed by atoms with van der Waals surface area (Å²) in [4.78, 5) is 23.3. The van der Waals surface area contributed by atoms with E-state index >= 15 is 0 Å². The van der Waals surface area contributed by atoms with Gasteiger partial charge >= 0.3 is 0 Å². The zero-order valence-corrected chi connectivity index (χ0v) is 13.7. The van der Waals surface area contributed by atoms with E-state index in [1.54, 1.807) is 24.4 Å². The number of H-pyrrole nitrogens is 1. The number of benzene rings is 2. The van der Waals surface area contributed by atoms with Gasteiger partial charge in [0.05, 0.1) is 11.9 Å². The average Bonchev–Trinajstić information content (AvgIpc) is 3.11. The molecule has 2 aromatic heterocycles. The summed E-state index contributed by atoms with van der Waals surface area (Å²) >= 11 is 0. The number of aromatic amines is 1. The summed E-state index contributed by atoms with van der Waals surface area (Å²) in [5.74, 6) is 0.240. The van der Waals surface area contributed by atoms with E-state index in [9.17, 15) is 4.79 Å². The van der Waals surface area contributed by atoms with E-state index in [2.05, 4.69) is 20.3 Å². The molecule has 2 heterocycles. The molecule has 0 atom stereocenters. The molecule has 128 valence electrons. The van der Waals surface area contributed by atoms with Crippen LogP contribution in [0.2, 0.25) is 0 Å². The third-order valence-electron chi connectivity index (χ3n) is 4.06. The molecule has 0 saturated carbocycles. The molecular formula is C19H16N6O. The first kappa shape index (κ1) is 15.6. The second kappa shape index (κ2) is 6.21. The summed E-state index contributed by atoms with van der Waals surface area (Å²) in [7, 11) is 0. The van der Waals surface area contributed by atoms with Crippen molar-refractivity contribution in [3.63, 3.8) is 0 Å². The van der Waals surface area contributed by atoms with Crippen molar-refractivity contribution in [2.24, 2.45) is 5.73 Å². The van der Waals surface area contributed by atoms with Gasteiger partial charge in [-0.05, 0) is 36.4 Å². The molecule has 0 fully saturated rings. The largest absolute Gasteiger partial charge is 0.381 e. The van der Waals surface area contributed by atoms with E-state index in [4.69, 9.17) is 11.5 Å². The lowest BCUT2D eigenvalue weighted by molar-refractivity contribution is 0.100. The van der Waals surface area contributed by atoms with Crippen LogP contribution in [0.1, 0.15) is 10.4 Å². The summed E-state index contributed by atoms with van der Waals surface area (Å²) in [5.41, 5.74) is 14.9. The number of amides is 1. The van der Waals surface area contributed by atoms with Crippen molar-refractivity contribution < 1.29 is 4.79 Å². The van der Waals surface area contributed by atoms with Crippen molar-refractivity contribution in [3.8, 4) is 11.3 Å². The number of aromatic nitrogens is 3. The van der Waals surface area contributed by atoms with Crippen LogP contribution in [0.25, 0.3) is 22.2 Å². The highest BCUT2D eigenvalue weighted by atomic mass is 16.1. The molecule has 7 nitrogen and oxygen atoms in total. The molecule has 0 radical (unpaired) electrons. The Labute approximate surface area is 149 Å². The zero-order chi connectivity index (χ0) is 18.1. The van der Waals surface area contributed by atoms with Crippen LogP contribution in [-0.4, -0.2) is 20.9 Å². The first-order valence-corrected chi connectivity index (χ1v) is 7.97. The molecular weight excluding hydrogens is 328 g/mol. The van der Waals surface area contributed by atoms with Gasteiger partial charge in [-0.1, -0.05) is 12.1 Å². The summed E-state index contributed by atoms with van der Waals surface area (Å²) in [6, 6.07) is 14.8. The Morgan fingerprint density at radius 2 is 2.00 bits per heavy atom. The average molecular weight is 344 g/mol. The second-order valence-corrected chi connectivity index (χ2v) is 5.84. The monoisotopic (exact) mass is 344 g/mol. The van der Waals surface area contributed by atoms with Gasteiger partial charge in [0.15, 0.2) is 11.6 Å². The van der Waals surface area contributed by atoms with Crippen LogP contribution in [-0.2, 0) is 0 Å². The third kappa shape index (κ3) is 2.93. The number of hydrogen-bond acceptors (Lipinski definition) is 5. The Morgan fingerprint density at radius 3 is 2.85 bits per heavy atom. The highest BCUT2D eigenvalue weighted by Crippen LogP contribution is 2.26. The van der Waals surface area contributed by atoms with Gasteiger partial charge < -0.3 is 21.8 Å². The summed E-state index contributed by atoms with van der Waals surface area (Å²) in [5, 5.41) is 4.27. The van der Waals surface area contributed by atoms with Crippen LogP contribution >= 0.6 is 0 Å². The molecule has 0 aliphatic heterocycles. The highest BCUT2D eigenvalue weighted by Gasteiger charge is 2.09. The predicted molar refractivity (Wildman–Crippen MR) is 102 cm³/mol. The quantitative estimate of drug-likeness (QED) is 0.453. The number of hydrogen-bond donors (Lipinski definition) is 4. The van der Waals surface area contributed by atoms with Gasteiger partial charge in [0.25, 0.3) is 0 Å². The Morgan fingerprint density at radius 1 is 1.12 bits per heavy atom. The first-order chi connectivity index (χ1) is 12.6. The van der Waals surface area contributed by atoms with Crippen LogP contribution < -0.4 is 16.8 Å². The molecule has 0 spiro atoms. The minimum Gasteiger partial charge on any atom is -0.381 e. The molecule has 7 heteroatoms. The van der Waals surface area contributed by atoms with Crippen LogP contribution in [0.5, 0.6) is 0 Å². The van der Waals surface area contributed by atoms with Gasteiger partial charge in [0.2, 0.25) is 5.91 Å². The zero-order valence-electron chi connectivity index (χ0n) is 13.7. The Bertz CT molecular complexity index is 1120. The van der Waals surface area contributed by atoms with Crippen molar-refractivity contribution in [1.82, 2.24) is 15.0 Å². The number of anilines is 3. The minimum absolute atomic E-state index is 0.286. The molecule has 0 saturated heterocycles. The van der Waals surface area contributed by atoms with E-state index < -0.39 is 5.91 Å². The maximum absolute atomic E-state index is 11.4. The molecule has 0 aliphatic carbocycles. The molecule has 26 heavy (non-hydrogen) atoms. The number of carbonyl (C=O) groups is 1. The minimum atomic E-state index is -0.492. The molecule has 0 aliphatic rings. The van der Waals surface area contributed by atoms with Gasteiger partial charge in [-0.15, -0.1) is 0 Å². The van der Waals surface area contributed by atoms with Crippen LogP contribution in [0.15, 0.2) is 60.9 Å². The number of nitrogens with two attached hydrogens (primary N) is 2. The van der Waals surface area contributed by atoms with Crippen LogP contribution in [0, 0.1) is 0 Å². The van der Waals surface area contributed by atoms with E-state index in [0.717, 1.165) is 22.2 Å². The van der Waals surface area contributed by atoms with Crippen molar-refractivity contribution in [2.45, 2.75) is 0 Å². The summed E-state index contributed by atoms with van der Waals surface area (Å²) in [6.45, 7) is 0. The normalized spacial score (nSPS) is 10.8. The lowest BCUT2D eigenvalue weighted by Gasteiger charge is -2.10. The predicted octanol–water partition coefficient (Wildman–Crippen LogP) is 3.05. The van der Waals surface area contributed by atoms with Crippen molar-refractivity contribution in [2.75, 3.05) is 11.1 Å². The van der Waals surface area contributed by atoms with Crippen molar-refractivity contribution in [3.05, 3.63) is 66.5 Å². The van der Waals surface area contributed by atoms with E-state index in [1.807, 2.05) is 36.5 Å². The van der Waals surface area contributed by atoms with Gasteiger partial charge in [-0.3, -0.25) is 4.79 Å². The molecule has 0 bridgehead atoms. The number of primary amides is 1. The number of nitrogens with zero attached hydrogens (tertiary/aromatic N) is 2. The van der Waals surface area contributed by atoms with Crippen LogP contribution in [0.4, 0.5) is 17.3 Å². The standard InChI is InChI=1S/C19H16N6O/c20-17-19(24-14-4-5-15-12(9-14)6-7-22-15)25-16(10-23-17)11-2-1-3-13(8-11)18(21)26/h1-10,22H,(H2,20,23)(H2,21,26)(H,24,25). The smallest absolute Gasteiger partial charge is 0.248 e. The van der Waals surface area contributed by atoms with E-state index in [0.29, 0.717) is 17.1 Å². The van der Waals surface area contributed by atoms with Crippen molar-refractivity contribution in [1.29, 1.82) is 0 Å². The maximum atomic E-state index is 11.4.